The quantitative estimate of drug-likeness (QED) is 0.911. The van der Waals surface area contributed by atoms with Gasteiger partial charge in [0.05, 0.1) is 7.11 Å². The van der Waals surface area contributed by atoms with E-state index in [0.717, 1.165) is 25.0 Å². The minimum atomic E-state index is 0.287. The number of aryl methyl sites for hydroxylation is 2. The molecule has 0 radical (unpaired) electrons. The van der Waals surface area contributed by atoms with Crippen molar-refractivity contribution in [3.05, 3.63) is 65.2 Å². The number of hydrogen-bond donors (Lipinski definition) is 1. The molecule has 1 aliphatic carbocycles. The van der Waals surface area contributed by atoms with E-state index in [1.165, 1.54) is 29.5 Å². The standard InChI is InChI=1S/C20H25NO/c1-22-19-11-6-15(7-12-19)8-13-20(21)18-10-9-16-4-2-3-5-17(16)14-18/h2-7,11-12,18,20H,8-10,13-14,21H2,1H3. The number of methoxy groups -OCH3 is 1. The summed E-state index contributed by atoms with van der Waals surface area (Å²) in [6.45, 7) is 0. The van der Waals surface area contributed by atoms with Crippen LogP contribution in [0.25, 0.3) is 0 Å². The van der Waals surface area contributed by atoms with E-state index < -0.39 is 0 Å². The molecule has 2 aromatic carbocycles. The second-order valence-electron chi connectivity index (χ2n) is 6.32. The van der Waals surface area contributed by atoms with Gasteiger partial charge in [-0.25, -0.2) is 0 Å². The summed E-state index contributed by atoms with van der Waals surface area (Å²) in [7, 11) is 1.70. The summed E-state index contributed by atoms with van der Waals surface area (Å²) in [5.41, 5.74) is 10.8. The molecule has 0 aromatic heterocycles. The molecule has 0 saturated heterocycles. The number of rotatable bonds is 5. The number of ether oxygens (including phenoxy) is 1. The Balaban J connectivity index is 1.55. The Morgan fingerprint density at radius 1 is 1.09 bits per heavy atom. The van der Waals surface area contributed by atoms with Gasteiger partial charge in [-0.3, -0.25) is 0 Å². The highest BCUT2D eigenvalue weighted by atomic mass is 16.5. The highest BCUT2D eigenvalue weighted by Gasteiger charge is 2.23. The first kappa shape index (κ1) is 15.1. The summed E-state index contributed by atoms with van der Waals surface area (Å²) in [6, 6.07) is 17.4. The molecule has 1 aliphatic rings. The van der Waals surface area contributed by atoms with E-state index in [1.54, 1.807) is 7.11 Å². The lowest BCUT2D eigenvalue weighted by atomic mass is 9.79. The van der Waals surface area contributed by atoms with Crippen molar-refractivity contribution in [1.82, 2.24) is 0 Å². The molecule has 2 aromatic rings. The third-order valence-corrected chi connectivity index (χ3v) is 4.92. The molecule has 0 saturated carbocycles. The number of fused-ring (bicyclic) bond motifs is 1. The van der Waals surface area contributed by atoms with Gasteiger partial charge >= 0.3 is 0 Å². The predicted octanol–water partition coefficient (Wildman–Crippen LogP) is 3.76. The second-order valence-corrected chi connectivity index (χ2v) is 6.32. The SMILES string of the molecule is COc1ccc(CCC(N)C2CCc3ccccc3C2)cc1. The van der Waals surface area contributed by atoms with Crippen LogP contribution in [0.15, 0.2) is 48.5 Å². The van der Waals surface area contributed by atoms with E-state index in [4.69, 9.17) is 10.5 Å². The molecular formula is C20H25NO. The minimum Gasteiger partial charge on any atom is -0.497 e. The molecule has 2 unspecified atom stereocenters. The lowest BCUT2D eigenvalue weighted by Crippen LogP contribution is -2.34. The van der Waals surface area contributed by atoms with Crippen LogP contribution in [0.2, 0.25) is 0 Å². The zero-order valence-corrected chi connectivity index (χ0v) is 13.3. The van der Waals surface area contributed by atoms with Gasteiger partial charge in [0.25, 0.3) is 0 Å². The molecule has 116 valence electrons. The summed E-state index contributed by atoms with van der Waals surface area (Å²) < 4.78 is 5.20. The van der Waals surface area contributed by atoms with Gasteiger partial charge < -0.3 is 10.5 Å². The summed E-state index contributed by atoms with van der Waals surface area (Å²) in [5, 5.41) is 0. The molecule has 0 fully saturated rings. The van der Waals surface area contributed by atoms with Gasteiger partial charge in [-0.2, -0.15) is 0 Å². The van der Waals surface area contributed by atoms with Crippen LogP contribution in [0.3, 0.4) is 0 Å². The Hall–Kier alpha value is -1.80. The monoisotopic (exact) mass is 295 g/mol. The molecule has 2 N–H and O–H groups in total. The average Bonchev–Trinajstić information content (AvgIpc) is 2.59. The maximum absolute atomic E-state index is 6.48. The summed E-state index contributed by atoms with van der Waals surface area (Å²) >= 11 is 0. The number of benzene rings is 2. The topological polar surface area (TPSA) is 35.2 Å². The normalized spacial score (nSPS) is 18.5. The first-order valence-electron chi connectivity index (χ1n) is 8.21. The van der Waals surface area contributed by atoms with Gasteiger partial charge in [-0.05, 0) is 66.8 Å². The van der Waals surface area contributed by atoms with Crippen molar-refractivity contribution >= 4 is 0 Å². The highest BCUT2D eigenvalue weighted by Crippen LogP contribution is 2.28. The Morgan fingerprint density at radius 3 is 2.55 bits per heavy atom. The van der Waals surface area contributed by atoms with Crippen LogP contribution in [0, 0.1) is 5.92 Å². The van der Waals surface area contributed by atoms with Crippen LogP contribution in [-0.2, 0) is 19.3 Å². The summed E-state index contributed by atoms with van der Waals surface area (Å²) in [6.07, 6.45) is 5.64. The minimum absolute atomic E-state index is 0.287. The van der Waals surface area contributed by atoms with Crippen LogP contribution in [-0.4, -0.2) is 13.2 Å². The van der Waals surface area contributed by atoms with Crippen molar-refractivity contribution in [2.24, 2.45) is 11.7 Å². The van der Waals surface area contributed by atoms with Gasteiger partial charge in [0.15, 0.2) is 0 Å². The Labute approximate surface area is 133 Å². The number of hydrogen-bond acceptors (Lipinski definition) is 2. The van der Waals surface area contributed by atoms with Gasteiger partial charge in [0, 0.05) is 6.04 Å². The van der Waals surface area contributed by atoms with Gasteiger partial charge in [-0.1, -0.05) is 36.4 Å². The van der Waals surface area contributed by atoms with Crippen molar-refractivity contribution < 1.29 is 4.74 Å². The molecule has 2 heteroatoms. The highest BCUT2D eigenvalue weighted by molar-refractivity contribution is 5.30. The zero-order chi connectivity index (χ0) is 15.4. The molecule has 0 heterocycles. The molecule has 0 bridgehead atoms. The molecule has 0 spiro atoms. The van der Waals surface area contributed by atoms with Crippen LogP contribution >= 0.6 is 0 Å². The van der Waals surface area contributed by atoms with E-state index in [9.17, 15) is 0 Å². The van der Waals surface area contributed by atoms with Gasteiger partial charge in [0.1, 0.15) is 5.75 Å². The van der Waals surface area contributed by atoms with Gasteiger partial charge in [0.2, 0.25) is 0 Å². The Bertz CT molecular complexity index is 605. The Morgan fingerprint density at radius 2 is 1.82 bits per heavy atom. The smallest absolute Gasteiger partial charge is 0.118 e. The third-order valence-electron chi connectivity index (χ3n) is 4.92. The maximum Gasteiger partial charge on any atom is 0.118 e. The lowest BCUT2D eigenvalue weighted by molar-refractivity contribution is 0.359. The fourth-order valence-electron chi connectivity index (χ4n) is 3.45. The molecule has 0 amide bonds. The zero-order valence-electron chi connectivity index (χ0n) is 13.3. The largest absolute Gasteiger partial charge is 0.497 e. The van der Waals surface area contributed by atoms with Crippen molar-refractivity contribution in [2.45, 2.75) is 38.1 Å². The van der Waals surface area contributed by atoms with Crippen LogP contribution in [0.1, 0.15) is 29.5 Å². The van der Waals surface area contributed by atoms with Crippen molar-refractivity contribution in [3.63, 3.8) is 0 Å². The third kappa shape index (κ3) is 3.50. The molecule has 0 aliphatic heterocycles. The van der Waals surface area contributed by atoms with Crippen LogP contribution in [0.5, 0.6) is 5.75 Å². The van der Waals surface area contributed by atoms with E-state index in [-0.39, 0.29) is 6.04 Å². The van der Waals surface area contributed by atoms with E-state index in [1.807, 2.05) is 12.1 Å². The summed E-state index contributed by atoms with van der Waals surface area (Å²) in [4.78, 5) is 0. The molecule has 2 atom stereocenters. The predicted molar refractivity (Wildman–Crippen MR) is 91.2 cm³/mol. The lowest BCUT2D eigenvalue weighted by Gasteiger charge is -2.29. The number of nitrogens with two attached hydrogens (primary N) is 1. The molecule has 22 heavy (non-hydrogen) atoms. The van der Waals surface area contributed by atoms with Gasteiger partial charge in [-0.15, -0.1) is 0 Å². The maximum atomic E-state index is 6.48. The second kappa shape index (κ2) is 6.97. The molecule has 3 rings (SSSR count). The summed E-state index contributed by atoms with van der Waals surface area (Å²) in [5.74, 6) is 1.53. The average molecular weight is 295 g/mol. The molecular weight excluding hydrogens is 270 g/mol. The van der Waals surface area contributed by atoms with E-state index in [2.05, 4.69) is 36.4 Å². The fraction of sp³-hybridized carbons (Fsp3) is 0.400. The molecule has 2 nitrogen and oxygen atoms in total. The Kier molecular flexibility index (Phi) is 4.79. The van der Waals surface area contributed by atoms with Crippen LogP contribution in [0.4, 0.5) is 0 Å². The van der Waals surface area contributed by atoms with Crippen LogP contribution < -0.4 is 10.5 Å². The van der Waals surface area contributed by atoms with Crippen molar-refractivity contribution in [2.75, 3.05) is 7.11 Å². The first-order chi connectivity index (χ1) is 10.8. The van der Waals surface area contributed by atoms with Crippen molar-refractivity contribution in [3.8, 4) is 5.75 Å². The fourth-order valence-corrected chi connectivity index (χ4v) is 3.45. The van der Waals surface area contributed by atoms with E-state index >= 15 is 0 Å². The van der Waals surface area contributed by atoms with E-state index in [0.29, 0.717) is 5.92 Å². The van der Waals surface area contributed by atoms with Crippen molar-refractivity contribution in [1.29, 1.82) is 0 Å². The first-order valence-corrected chi connectivity index (χ1v) is 8.21.